The lowest BCUT2D eigenvalue weighted by molar-refractivity contribution is 1.16. The summed E-state index contributed by atoms with van der Waals surface area (Å²) in [6, 6.07) is 10.2. The van der Waals surface area contributed by atoms with E-state index < -0.39 is 0 Å². The fourth-order valence-corrected chi connectivity index (χ4v) is 1.31. The van der Waals surface area contributed by atoms with E-state index in [-0.39, 0.29) is 0 Å². The minimum atomic E-state index is 0.752. The fourth-order valence-electron chi connectivity index (χ4n) is 1.31. The van der Waals surface area contributed by atoms with Crippen molar-refractivity contribution in [2.75, 3.05) is 6.54 Å². The van der Waals surface area contributed by atoms with Crippen LogP contribution in [0.1, 0.15) is 39.7 Å². The maximum atomic E-state index is 4.42. The highest BCUT2D eigenvalue weighted by Gasteiger charge is 1.88. The molecule has 0 aliphatic rings. The molecular weight excluding hydrogens is 218 g/mol. The van der Waals surface area contributed by atoms with Crippen LogP contribution in [-0.4, -0.2) is 12.8 Å². The summed E-state index contributed by atoms with van der Waals surface area (Å²) in [5, 5.41) is 0. The van der Waals surface area contributed by atoms with Gasteiger partial charge in [0.1, 0.15) is 0 Å². The molecule has 0 amide bonds. The van der Waals surface area contributed by atoms with Crippen LogP contribution in [0.5, 0.6) is 0 Å². The highest BCUT2D eigenvalue weighted by Crippen LogP contribution is 2.00. The number of hydrogen-bond acceptors (Lipinski definition) is 1. The summed E-state index contributed by atoms with van der Waals surface area (Å²) in [7, 11) is 0. The first kappa shape index (κ1) is 16.4. The number of aliphatic imine (C=N–C) groups is 1. The maximum absolute atomic E-state index is 4.42. The van der Waals surface area contributed by atoms with Crippen LogP contribution in [0.2, 0.25) is 0 Å². The average molecular weight is 243 g/mol. The molecule has 1 aromatic rings. The van der Waals surface area contributed by atoms with Gasteiger partial charge in [-0.05, 0) is 24.5 Å². The van der Waals surface area contributed by atoms with Crippen molar-refractivity contribution in [3.63, 3.8) is 0 Å². The van der Waals surface area contributed by atoms with Gasteiger partial charge in [0, 0.05) is 6.21 Å². The van der Waals surface area contributed by atoms with Gasteiger partial charge in [-0.1, -0.05) is 69.3 Å². The number of nitrogens with zero attached hydrogens (tertiary/aromatic N) is 1. The van der Waals surface area contributed by atoms with E-state index in [9.17, 15) is 0 Å². The highest BCUT2D eigenvalue weighted by molar-refractivity contribution is 5.79. The molecule has 1 aromatic carbocycles. The quantitative estimate of drug-likeness (QED) is 0.507. The third-order valence-corrected chi connectivity index (χ3v) is 2.25. The number of allylic oxidation sites excluding steroid dienone is 2. The van der Waals surface area contributed by atoms with Crippen LogP contribution in [0, 0.1) is 0 Å². The molecule has 0 unspecified atom stereocenters. The van der Waals surface area contributed by atoms with E-state index in [1.807, 2.05) is 45.2 Å². The first-order valence-corrected chi connectivity index (χ1v) is 6.73. The van der Waals surface area contributed by atoms with Crippen molar-refractivity contribution in [1.82, 2.24) is 0 Å². The van der Waals surface area contributed by atoms with Crippen LogP contribution in [0.4, 0.5) is 0 Å². The average Bonchev–Trinajstić information content (AvgIpc) is 2.46. The zero-order chi connectivity index (χ0) is 13.6. The Hall–Kier alpha value is -1.63. The second kappa shape index (κ2) is 11.8. The Kier molecular flexibility index (Phi) is 10.8. The Morgan fingerprint density at radius 1 is 1.17 bits per heavy atom. The molecule has 1 rings (SSSR count). The Bertz CT molecular complexity index is 372. The Labute approximate surface area is 112 Å². The summed E-state index contributed by atoms with van der Waals surface area (Å²) in [6.07, 6.45) is 9.40. The molecule has 0 aliphatic carbocycles. The summed E-state index contributed by atoms with van der Waals surface area (Å²) in [5.74, 6) is 0. The normalized spacial score (nSPS) is 11.7. The lowest BCUT2D eigenvalue weighted by Gasteiger charge is -1.96. The molecule has 0 aliphatic heterocycles. The maximum Gasteiger partial charge on any atom is 0.0636 e. The van der Waals surface area contributed by atoms with Crippen LogP contribution in [0.3, 0.4) is 0 Å². The van der Waals surface area contributed by atoms with Gasteiger partial charge in [-0.15, -0.1) is 0 Å². The monoisotopic (exact) mass is 243 g/mol. The van der Waals surface area contributed by atoms with Crippen LogP contribution in [0.25, 0.3) is 0 Å². The molecule has 0 heterocycles. The van der Waals surface area contributed by atoms with Gasteiger partial charge in [0.2, 0.25) is 0 Å². The van der Waals surface area contributed by atoms with Crippen LogP contribution < -0.4 is 0 Å². The zero-order valence-electron chi connectivity index (χ0n) is 12.1. The lowest BCUT2D eigenvalue weighted by Crippen LogP contribution is -1.87. The molecular formula is C17H25N. The third kappa shape index (κ3) is 7.61. The molecule has 0 saturated heterocycles. The van der Waals surface area contributed by atoms with Crippen LogP contribution in [-0.2, 0) is 0 Å². The van der Waals surface area contributed by atoms with Crippen molar-refractivity contribution in [1.29, 1.82) is 0 Å². The Morgan fingerprint density at radius 3 is 2.39 bits per heavy atom. The number of benzene rings is 1. The SMILES string of the molecule is C/C=C(\C=C/CC)CN=Cc1ccccc1.CC. The Morgan fingerprint density at radius 2 is 1.83 bits per heavy atom. The van der Waals surface area contributed by atoms with E-state index in [2.05, 4.69) is 42.3 Å². The first-order chi connectivity index (χ1) is 8.86. The number of rotatable bonds is 5. The Balaban J connectivity index is 0.00000137. The molecule has 0 aromatic heterocycles. The predicted molar refractivity (Wildman–Crippen MR) is 83.4 cm³/mol. The van der Waals surface area contributed by atoms with E-state index >= 15 is 0 Å². The highest BCUT2D eigenvalue weighted by atomic mass is 14.7. The molecule has 0 bridgehead atoms. The molecule has 1 nitrogen and oxygen atoms in total. The van der Waals surface area contributed by atoms with Crippen LogP contribution >= 0.6 is 0 Å². The predicted octanol–water partition coefficient (Wildman–Crippen LogP) is 5.04. The number of hydrogen-bond donors (Lipinski definition) is 0. The third-order valence-electron chi connectivity index (χ3n) is 2.25. The van der Waals surface area contributed by atoms with Gasteiger partial charge < -0.3 is 0 Å². The standard InChI is InChI=1S/C15H19N.C2H6/c1-3-5-9-14(4-2)12-16-13-15-10-7-6-8-11-15;1-2/h4-11,13H,3,12H2,1-2H3;1-2H3/b9-5-,14-4+,16-13?;. The largest absolute Gasteiger partial charge is 0.288 e. The smallest absolute Gasteiger partial charge is 0.0636 e. The van der Waals surface area contributed by atoms with Gasteiger partial charge in [0.25, 0.3) is 0 Å². The molecule has 0 N–H and O–H groups in total. The van der Waals surface area contributed by atoms with Gasteiger partial charge in [-0.2, -0.15) is 0 Å². The van der Waals surface area contributed by atoms with Crippen molar-refractivity contribution in [2.45, 2.75) is 34.1 Å². The summed E-state index contributed by atoms with van der Waals surface area (Å²) in [4.78, 5) is 4.42. The van der Waals surface area contributed by atoms with Gasteiger partial charge in [0.15, 0.2) is 0 Å². The molecule has 0 fully saturated rings. The van der Waals surface area contributed by atoms with Gasteiger partial charge in [0.05, 0.1) is 6.54 Å². The van der Waals surface area contributed by atoms with E-state index in [4.69, 9.17) is 0 Å². The van der Waals surface area contributed by atoms with Gasteiger partial charge in [-0.25, -0.2) is 0 Å². The zero-order valence-corrected chi connectivity index (χ0v) is 12.1. The summed E-state index contributed by atoms with van der Waals surface area (Å²) in [5.41, 5.74) is 2.41. The molecule has 0 radical (unpaired) electrons. The van der Waals surface area contributed by atoms with Crippen molar-refractivity contribution in [2.24, 2.45) is 4.99 Å². The van der Waals surface area contributed by atoms with Crippen molar-refractivity contribution in [3.8, 4) is 0 Å². The van der Waals surface area contributed by atoms with E-state index in [0.29, 0.717) is 0 Å². The molecule has 0 saturated carbocycles. The molecule has 0 spiro atoms. The fraction of sp³-hybridized carbons (Fsp3) is 0.353. The lowest BCUT2D eigenvalue weighted by atomic mass is 10.2. The van der Waals surface area contributed by atoms with Crippen LogP contribution in [0.15, 0.2) is 59.1 Å². The molecule has 18 heavy (non-hydrogen) atoms. The van der Waals surface area contributed by atoms with Gasteiger partial charge >= 0.3 is 0 Å². The summed E-state index contributed by atoms with van der Waals surface area (Å²) >= 11 is 0. The second-order valence-corrected chi connectivity index (χ2v) is 3.55. The minimum Gasteiger partial charge on any atom is -0.288 e. The van der Waals surface area contributed by atoms with Crippen molar-refractivity contribution >= 4 is 6.21 Å². The summed E-state index contributed by atoms with van der Waals surface area (Å²) < 4.78 is 0. The van der Waals surface area contributed by atoms with E-state index in [1.54, 1.807) is 0 Å². The van der Waals surface area contributed by atoms with E-state index in [0.717, 1.165) is 18.5 Å². The molecule has 0 atom stereocenters. The van der Waals surface area contributed by atoms with Crippen molar-refractivity contribution < 1.29 is 0 Å². The molecule has 1 heteroatoms. The minimum absolute atomic E-state index is 0.752. The first-order valence-electron chi connectivity index (χ1n) is 6.73. The van der Waals surface area contributed by atoms with Gasteiger partial charge in [-0.3, -0.25) is 4.99 Å². The molecule has 98 valence electrons. The topological polar surface area (TPSA) is 12.4 Å². The van der Waals surface area contributed by atoms with Crippen molar-refractivity contribution in [3.05, 3.63) is 59.7 Å². The van der Waals surface area contributed by atoms with E-state index in [1.165, 1.54) is 5.57 Å². The summed E-state index contributed by atoms with van der Waals surface area (Å²) in [6.45, 7) is 8.94. The second-order valence-electron chi connectivity index (χ2n) is 3.55.